The molecule has 0 aliphatic heterocycles. The van der Waals surface area contributed by atoms with Gasteiger partial charge in [0.05, 0.1) is 6.61 Å². The normalized spacial score (nSPS) is 12.5. The van der Waals surface area contributed by atoms with Crippen molar-refractivity contribution in [3.63, 3.8) is 0 Å². The van der Waals surface area contributed by atoms with Crippen LogP contribution in [-0.2, 0) is 14.3 Å². The molecule has 0 fully saturated rings. The monoisotopic (exact) mass is 191 g/mol. The minimum absolute atomic E-state index is 0.175. The van der Waals surface area contributed by atoms with Crippen LogP contribution in [0.25, 0.3) is 0 Å². The SMILES string of the molecule is CCOCCOC(=O)C(O)CCN. The molecule has 5 nitrogen and oxygen atoms in total. The number of hydrogen-bond donors (Lipinski definition) is 2. The first-order chi connectivity index (χ1) is 6.22. The molecule has 0 rings (SSSR count). The van der Waals surface area contributed by atoms with Gasteiger partial charge in [-0.25, -0.2) is 4.79 Å². The van der Waals surface area contributed by atoms with Crippen LogP contribution in [0.5, 0.6) is 0 Å². The van der Waals surface area contributed by atoms with Crippen molar-refractivity contribution in [1.29, 1.82) is 0 Å². The molecule has 3 N–H and O–H groups in total. The van der Waals surface area contributed by atoms with Crippen LogP contribution in [0.2, 0.25) is 0 Å². The lowest BCUT2D eigenvalue weighted by molar-refractivity contribution is -0.155. The van der Waals surface area contributed by atoms with Crippen LogP contribution < -0.4 is 5.73 Å². The Bertz CT molecular complexity index is 140. The first kappa shape index (κ1) is 12.3. The second kappa shape index (κ2) is 7.97. The van der Waals surface area contributed by atoms with E-state index in [1.807, 2.05) is 6.92 Å². The van der Waals surface area contributed by atoms with Gasteiger partial charge in [-0.05, 0) is 19.9 Å². The zero-order valence-electron chi connectivity index (χ0n) is 7.86. The van der Waals surface area contributed by atoms with Crippen molar-refractivity contribution < 1.29 is 19.4 Å². The lowest BCUT2D eigenvalue weighted by Gasteiger charge is -2.09. The molecule has 0 aliphatic carbocycles. The highest BCUT2D eigenvalue weighted by Crippen LogP contribution is 1.93. The van der Waals surface area contributed by atoms with E-state index >= 15 is 0 Å². The van der Waals surface area contributed by atoms with Crippen LogP contribution in [0.15, 0.2) is 0 Å². The minimum atomic E-state index is -1.10. The van der Waals surface area contributed by atoms with Crippen LogP contribution in [-0.4, -0.2) is 43.5 Å². The molecular formula is C8H17NO4. The number of rotatable bonds is 7. The molecule has 0 aliphatic rings. The summed E-state index contributed by atoms with van der Waals surface area (Å²) in [5.41, 5.74) is 5.15. The van der Waals surface area contributed by atoms with Gasteiger partial charge in [-0.2, -0.15) is 0 Å². The fourth-order valence-corrected chi connectivity index (χ4v) is 0.717. The highest BCUT2D eigenvalue weighted by Gasteiger charge is 2.14. The van der Waals surface area contributed by atoms with Crippen molar-refractivity contribution in [3.8, 4) is 0 Å². The first-order valence-electron chi connectivity index (χ1n) is 4.34. The molecule has 0 spiro atoms. The second-order valence-corrected chi connectivity index (χ2v) is 2.46. The van der Waals surface area contributed by atoms with Crippen LogP contribution >= 0.6 is 0 Å². The van der Waals surface area contributed by atoms with Crippen molar-refractivity contribution in [1.82, 2.24) is 0 Å². The number of ether oxygens (including phenoxy) is 2. The Kier molecular flexibility index (Phi) is 7.57. The molecule has 0 amide bonds. The topological polar surface area (TPSA) is 81.8 Å². The second-order valence-electron chi connectivity index (χ2n) is 2.46. The van der Waals surface area contributed by atoms with Crippen molar-refractivity contribution >= 4 is 5.97 Å². The predicted molar refractivity (Wildman–Crippen MR) is 47.1 cm³/mol. The van der Waals surface area contributed by atoms with E-state index in [0.29, 0.717) is 13.2 Å². The highest BCUT2D eigenvalue weighted by atomic mass is 16.6. The van der Waals surface area contributed by atoms with E-state index in [1.54, 1.807) is 0 Å². The van der Waals surface area contributed by atoms with E-state index in [2.05, 4.69) is 4.74 Å². The molecule has 5 heteroatoms. The average Bonchev–Trinajstić information content (AvgIpc) is 2.12. The lowest BCUT2D eigenvalue weighted by atomic mass is 10.2. The molecule has 1 atom stereocenters. The Hall–Kier alpha value is -0.650. The average molecular weight is 191 g/mol. The van der Waals surface area contributed by atoms with Gasteiger partial charge in [0.15, 0.2) is 6.10 Å². The number of aliphatic hydroxyl groups excluding tert-OH is 1. The summed E-state index contributed by atoms with van der Waals surface area (Å²) in [6.45, 7) is 3.24. The largest absolute Gasteiger partial charge is 0.461 e. The van der Waals surface area contributed by atoms with Crippen molar-refractivity contribution in [2.45, 2.75) is 19.4 Å². The van der Waals surface area contributed by atoms with Crippen molar-refractivity contribution in [2.24, 2.45) is 5.73 Å². The maximum absolute atomic E-state index is 10.9. The molecule has 1 unspecified atom stereocenters. The molecule has 13 heavy (non-hydrogen) atoms. The molecule has 0 saturated heterocycles. The zero-order chi connectivity index (χ0) is 10.1. The summed E-state index contributed by atoms with van der Waals surface area (Å²) in [6, 6.07) is 0. The fourth-order valence-electron chi connectivity index (χ4n) is 0.717. The minimum Gasteiger partial charge on any atom is -0.461 e. The van der Waals surface area contributed by atoms with Gasteiger partial charge in [0.25, 0.3) is 0 Å². The van der Waals surface area contributed by atoms with Crippen molar-refractivity contribution in [2.75, 3.05) is 26.4 Å². The number of hydrogen-bond acceptors (Lipinski definition) is 5. The van der Waals surface area contributed by atoms with E-state index in [0.717, 1.165) is 0 Å². The van der Waals surface area contributed by atoms with Gasteiger partial charge < -0.3 is 20.3 Å². The van der Waals surface area contributed by atoms with Crippen LogP contribution in [0.3, 0.4) is 0 Å². The number of esters is 1. The zero-order valence-corrected chi connectivity index (χ0v) is 7.86. The molecule has 0 aromatic carbocycles. The van der Waals surface area contributed by atoms with Gasteiger partial charge in [0.2, 0.25) is 0 Å². The molecule has 0 radical (unpaired) electrons. The molecule has 0 bridgehead atoms. The molecule has 0 aromatic heterocycles. The van der Waals surface area contributed by atoms with Gasteiger partial charge >= 0.3 is 5.97 Å². The molecular weight excluding hydrogens is 174 g/mol. The third kappa shape index (κ3) is 6.51. The summed E-state index contributed by atoms with van der Waals surface area (Å²) in [7, 11) is 0. The van der Waals surface area contributed by atoms with Gasteiger partial charge in [-0.1, -0.05) is 0 Å². The van der Waals surface area contributed by atoms with Crippen LogP contribution in [0.1, 0.15) is 13.3 Å². The van der Waals surface area contributed by atoms with E-state index < -0.39 is 12.1 Å². The van der Waals surface area contributed by atoms with Gasteiger partial charge in [0, 0.05) is 6.61 Å². The van der Waals surface area contributed by atoms with Crippen molar-refractivity contribution in [3.05, 3.63) is 0 Å². The van der Waals surface area contributed by atoms with Gasteiger partial charge in [-0.15, -0.1) is 0 Å². The summed E-state index contributed by atoms with van der Waals surface area (Å²) in [5.74, 6) is -0.634. The van der Waals surface area contributed by atoms with E-state index in [9.17, 15) is 4.79 Å². The molecule has 0 saturated carbocycles. The van der Waals surface area contributed by atoms with E-state index in [-0.39, 0.29) is 19.6 Å². The van der Waals surface area contributed by atoms with Crippen LogP contribution in [0, 0.1) is 0 Å². The number of carbonyl (C=O) groups excluding carboxylic acids is 1. The Labute approximate surface area is 77.8 Å². The van der Waals surface area contributed by atoms with E-state index in [1.165, 1.54) is 0 Å². The fraction of sp³-hybridized carbons (Fsp3) is 0.875. The smallest absolute Gasteiger partial charge is 0.335 e. The maximum atomic E-state index is 10.9. The third-order valence-electron chi connectivity index (χ3n) is 1.39. The molecule has 78 valence electrons. The Morgan fingerprint density at radius 1 is 1.54 bits per heavy atom. The lowest BCUT2D eigenvalue weighted by Crippen LogP contribution is -2.26. The van der Waals surface area contributed by atoms with Gasteiger partial charge in [0.1, 0.15) is 6.61 Å². The summed E-state index contributed by atoms with van der Waals surface area (Å²) in [5, 5.41) is 9.08. The predicted octanol–water partition coefficient (Wildman–Crippen LogP) is -0.724. The summed E-state index contributed by atoms with van der Waals surface area (Å²) in [6.07, 6.45) is -0.875. The standard InChI is InChI=1S/C8H17NO4/c1-2-12-5-6-13-8(11)7(10)3-4-9/h7,10H,2-6,9H2,1H3. The molecule has 0 heterocycles. The molecule has 0 aromatic rings. The summed E-state index contributed by atoms with van der Waals surface area (Å²) < 4.78 is 9.63. The first-order valence-corrected chi connectivity index (χ1v) is 4.34. The summed E-state index contributed by atoms with van der Waals surface area (Å²) in [4.78, 5) is 10.9. The Morgan fingerprint density at radius 2 is 2.23 bits per heavy atom. The highest BCUT2D eigenvalue weighted by molar-refractivity contribution is 5.74. The third-order valence-corrected chi connectivity index (χ3v) is 1.39. The maximum Gasteiger partial charge on any atom is 0.335 e. The quantitative estimate of drug-likeness (QED) is 0.410. The van der Waals surface area contributed by atoms with E-state index in [4.69, 9.17) is 15.6 Å². The number of nitrogens with two attached hydrogens (primary N) is 1. The Balaban J connectivity index is 3.38. The Morgan fingerprint density at radius 3 is 2.77 bits per heavy atom. The number of aliphatic hydroxyl groups is 1. The van der Waals surface area contributed by atoms with Crippen LogP contribution in [0.4, 0.5) is 0 Å². The number of carbonyl (C=O) groups is 1. The van der Waals surface area contributed by atoms with Gasteiger partial charge in [-0.3, -0.25) is 0 Å². The summed E-state index contributed by atoms with van der Waals surface area (Å²) >= 11 is 0.